The molecule has 1 aromatic heterocycles. The Morgan fingerprint density at radius 1 is 1.39 bits per heavy atom. The molecule has 18 heavy (non-hydrogen) atoms. The minimum Gasteiger partial charge on any atom is -0.351 e. The van der Waals surface area contributed by atoms with Gasteiger partial charge in [0.25, 0.3) is 0 Å². The number of nitrogens with one attached hydrogen (secondary N) is 1. The molecule has 1 fully saturated rings. The van der Waals surface area contributed by atoms with E-state index in [-0.39, 0.29) is 35.4 Å². The lowest BCUT2D eigenvalue weighted by atomic mass is 9.48. The van der Waals surface area contributed by atoms with Crippen molar-refractivity contribution < 1.29 is 4.79 Å². The smallest absolute Gasteiger partial charge is 0.242 e. The molecule has 0 aromatic carbocycles. The lowest BCUT2D eigenvalue weighted by Crippen LogP contribution is -2.76. The van der Waals surface area contributed by atoms with Crippen LogP contribution in [0.2, 0.25) is 0 Å². The van der Waals surface area contributed by atoms with Gasteiger partial charge in [0.2, 0.25) is 5.91 Å². The molecule has 7 nitrogen and oxygen atoms in total. The molecule has 1 aliphatic carbocycles. The summed E-state index contributed by atoms with van der Waals surface area (Å²) in [5.41, 5.74) is 5.95. The number of aromatic nitrogens is 4. The van der Waals surface area contributed by atoms with Crippen LogP contribution in [0, 0.1) is 10.8 Å². The van der Waals surface area contributed by atoms with Crippen LogP contribution in [0.15, 0.2) is 6.33 Å². The maximum atomic E-state index is 11.9. The molecule has 0 radical (unpaired) electrons. The fraction of sp³-hybridized carbons (Fsp3) is 0.818. The van der Waals surface area contributed by atoms with Crippen molar-refractivity contribution >= 4 is 5.91 Å². The van der Waals surface area contributed by atoms with E-state index in [9.17, 15) is 4.79 Å². The SMILES string of the molecule is CC1(C)C(N)C(C)(C)C1NC(=O)Cn1cnnn1. The molecule has 1 aliphatic rings. The van der Waals surface area contributed by atoms with Gasteiger partial charge in [0.05, 0.1) is 0 Å². The molecular formula is C11H20N6O. The number of tetrazole rings is 1. The zero-order valence-corrected chi connectivity index (χ0v) is 11.2. The van der Waals surface area contributed by atoms with Gasteiger partial charge in [0, 0.05) is 22.9 Å². The molecule has 0 unspecified atom stereocenters. The first-order valence-electron chi connectivity index (χ1n) is 6.02. The molecule has 100 valence electrons. The highest BCUT2D eigenvalue weighted by Gasteiger charge is 2.60. The average Bonchev–Trinajstić information content (AvgIpc) is 2.77. The summed E-state index contributed by atoms with van der Waals surface area (Å²) >= 11 is 0. The molecule has 1 heterocycles. The van der Waals surface area contributed by atoms with E-state index in [1.165, 1.54) is 11.0 Å². The first-order chi connectivity index (χ1) is 8.26. The highest BCUT2D eigenvalue weighted by atomic mass is 16.2. The summed E-state index contributed by atoms with van der Waals surface area (Å²) in [7, 11) is 0. The quantitative estimate of drug-likeness (QED) is 0.759. The summed E-state index contributed by atoms with van der Waals surface area (Å²) in [6, 6.07) is 0.132. The fourth-order valence-electron chi connectivity index (χ4n) is 3.16. The van der Waals surface area contributed by atoms with Crippen molar-refractivity contribution in [2.24, 2.45) is 16.6 Å². The van der Waals surface area contributed by atoms with Gasteiger partial charge < -0.3 is 11.1 Å². The Morgan fingerprint density at radius 3 is 2.50 bits per heavy atom. The van der Waals surface area contributed by atoms with Crippen LogP contribution in [-0.2, 0) is 11.3 Å². The average molecular weight is 252 g/mol. The van der Waals surface area contributed by atoms with Gasteiger partial charge in [-0.25, -0.2) is 4.68 Å². The topological polar surface area (TPSA) is 98.7 Å². The van der Waals surface area contributed by atoms with E-state index in [0.717, 1.165) is 0 Å². The van der Waals surface area contributed by atoms with E-state index in [4.69, 9.17) is 5.73 Å². The second-order valence-corrected chi connectivity index (χ2v) is 6.13. The van der Waals surface area contributed by atoms with Crippen molar-refractivity contribution in [1.82, 2.24) is 25.5 Å². The van der Waals surface area contributed by atoms with Gasteiger partial charge in [-0.2, -0.15) is 0 Å². The number of hydrogen-bond donors (Lipinski definition) is 2. The molecule has 2 rings (SSSR count). The minimum absolute atomic E-state index is 0.0592. The monoisotopic (exact) mass is 252 g/mol. The summed E-state index contributed by atoms with van der Waals surface area (Å²) in [4.78, 5) is 11.9. The van der Waals surface area contributed by atoms with E-state index < -0.39 is 0 Å². The summed E-state index contributed by atoms with van der Waals surface area (Å²) in [6.45, 7) is 8.43. The van der Waals surface area contributed by atoms with Crippen molar-refractivity contribution in [3.63, 3.8) is 0 Å². The van der Waals surface area contributed by atoms with E-state index in [0.29, 0.717) is 0 Å². The van der Waals surface area contributed by atoms with E-state index in [1.807, 2.05) is 0 Å². The maximum absolute atomic E-state index is 11.9. The number of amides is 1. The van der Waals surface area contributed by atoms with Gasteiger partial charge in [-0.3, -0.25) is 4.79 Å². The third-order valence-corrected chi connectivity index (χ3v) is 4.09. The van der Waals surface area contributed by atoms with Gasteiger partial charge >= 0.3 is 0 Å². The number of carbonyl (C=O) groups is 1. The number of rotatable bonds is 3. The minimum atomic E-state index is -0.0974. The maximum Gasteiger partial charge on any atom is 0.242 e. The normalized spacial score (nSPS) is 28.5. The van der Waals surface area contributed by atoms with Gasteiger partial charge in [-0.05, 0) is 10.4 Å². The predicted molar refractivity (Wildman–Crippen MR) is 65.3 cm³/mol. The van der Waals surface area contributed by atoms with E-state index >= 15 is 0 Å². The first-order valence-corrected chi connectivity index (χ1v) is 6.02. The third-order valence-electron chi connectivity index (χ3n) is 4.09. The van der Waals surface area contributed by atoms with E-state index in [1.54, 1.807) is 0 Å². The molecule has 1 aromatic rings. The Kier molecular flexibility index (Phi) is 2.89. The molecule has 0 saturated heterocycles. The second kappa shape index (κ2) is 4.01. The molecule has 0 bridgehead atoms. The Bertz CT molecular complexity index is 422. The molecule has 1 amide bonds. The van der Waals surface area contributed by atoms with Crippen LogP contribution in [0.5, 0.6) is 0 Å². The summed E-state index contributed by atoms with van der Waals surface area (Å²) in [5, 5.41) is 13.7. The van der Waals surface area contributed by atoms with Gasteiger partial charge in [-0.15, -0.1) is 5.10 Å². The van der Waals surface area contributed by atoms with Crippen molar-refractivity contribution in [2.45, 2.75) is 46.3 Å². The third kappa shape index (κ3) is 1.88. The highest BCUT2D eigenvalue weighted by molar-refractivity contribution is 5.76. The lowest BCUT2D eigenvalue weighted by Gasteiger charge is -2.62. The molecule has 1 saturated carbocycles. The molecule has 3 N–H and O–H groups in total. The zero-order valence-electron chi connectivity index (χ0n) is 11.2. The molecule has 7 heteroatoms. The fourth-order valence-corrected chi connectivity index (χ4v) is 3.16. The predicted octanol–water partition coefficient (Wildman–Crippen LogP) is -0.449. The van der Waals surface area contributed by atoms with Crippen molar-refractivity contribution in [3.8, 4) is 0 Å². The highest BCUT2D eigenvalue weighted by Crippen LogP contribution is 2.52. The van der Waals surface area contributed by atoms with Crippen LogP contribution in [0.3, 0.4) is 0 Å². The van der Waals surface area contributed by atoms with Crippen LogP contribution in [0.25, 0.3) is 0 Å². The second-order valence-electron chi connectivity index (χ2n) is 6.13. The van der Waals surface area contributed by atoms with Crippen molar-refractivity contribution in [1.29, 1.82) is 0 Å². The molecule has 0 atom stereocenters. The summed E-state index contributed by atoms with van der Waals surface area (Å²) in [6.07, 6.45) is 1.42. The Hall–Kier alpha value is -1.50. The van der Waals surface area contributed by atoms with Gasteiger partial charge in [-0.1, -0.05) is 27.7 Å². The van der Waals surface area contributed by atoms with Crippen LogP contribution < -0.4 is 11.1 Å². The number of hydrogen-bond acceptors (Lipinski definition) is 5. The number of carbonyl (C=O) groups excluding carboxylic acids is 1. The van der Waals surface area contributed by atoms with Crippen LogP contribution in [0.1, 0.15) is 27.7 Å². The Labute approximate surface area is 106 Å². The van der Waals surface area contributed by atoms with Crippen molar-refractivity contribution in [3.05, 3.63) is 6.33 Å². The van der Waals surface area contributed by atoms with E-state index in [2.05, 4.69) is 48.5 Å². The molecule has 0 spiro atoms. The largest absolute Gasteiger partial charge is 0.351 e. The Balaban J connectivity index is 1.99. The summed E-state index contributed by atoms with van der Waals surface area (Å²) in [5.74, 6) is -0.0969. The van der Waals surface area contributed by atoms with Gasteiger partial charge in [0.1, 0.15) is 12.9 Å². The standard InChI is InChI=1S/C11H20N6O/c1-10(2)8(12)11(3,4)9(10)14-7(18)5-17-6-13-15-16-17/h6,8-9H,5,12H2,1-4H3,(H,14,18). The van der Waals surface area contributed by atoms with Crippen LogP contribution in [-0.4, -0.2) is 38.2 Å². The van der Waals surface area contributed by atoms with Crippen LogP contribution in [0.4, 0.5) is 0 Å². The molecular weight excluding hydrogens is 232 g/mol. The van der Waals surface area contributed by atoms with Crippen molar-refractivity contribution in [2.75, 3.05) is 0 Å². The Morgan fingerprint density at radius 2 is 2.00 bits per heavy atom. The van der Waals surface area contributed by atoms with Crippen LogP contribution >= 0.6 is 0 Å². The number of nitrogens with two attached hydrogens (primary N) is 1. The molecule has 0 aliphatic heterocycles. The lowest BCUT2D eigenvalue weighted by molar-refractivity contribution is -0.133. The first kappa shape index (κ1) is 12.9. The zero-order chi connectivity index (χ0) is 13.6. The summed E-state index contributed by atoms with van der Waals surface area (Å²) < 4.78 is 1.40. The number of nitrogens with zero attached hydrogens (tertiary/aromatic N) is 4. The van der Waals surface area contributed by atoms with Gasteiger partial charge in [0.15, 0.2) is 0 Å².